The lowest BCUT2D eigenvalue weighted by atomic mass is 10.3. The van der Waals surface area contributed by atoms with Crippen molar-refractivity contribution in [1.82, 2.24) is 10.1 Å². The van der Waals surface area contributed by atoms with Gasteiger partial charge in [0.25, 0.3) is 0 Å². The summed E-state index contributed by atoms with van der Waals surface area (Å²) in [6.07, 6.45) is 1.57. The van der Waals surface area contributed by atoms with Crippen LogP contribution in [-0.4, -0.2) is 10.1 Å². The van der Waals surface area contributed by atoms with Crippen LogP contribution in [0.25, 0.3) is 11.5 Å². The minimum absolute atomic E-state index is 0.553. The predicted molar refractivity (Wildman–Crippen MR) is 57.4 cm³/mol. The second-order valence-corrected chi connectivity index (χ2v) is 3.45. The maximum Gasteiger partial charge on any atom is 0.185 e. The standard InChI is InChI=1S/C9H7ClN2OS/c10-6-1-2-8(11-4-6)9-3-7(5-14)12-13-9/h1-4,14H,5H2. The van der Waals surface area contributed by atoms with Crippen LogP contribution in [-0.2, 0) is 5.75 Å². The van der Waals surface area contributed by atoms with E-state index in [4.69, 9.17) is 16.1 Å². The Hall–Kier alpha value is -1.00. The summed E-state index contributed by atoms with van der Waals surface area (Å²) in [5.41, 5.74) is 1.51. The number of pyridine rings is 1. The van der Waals surface area contributed by atoms with Gasteiger partial charge in [0.05, 0.1) is 10.7 Å². The zero-order chi connectivity index (χ0) is 9.97. The van der Waals surface area contributed by atoms with Crippen molar-refractivity contribution in [3.63, 3.8) is 0 Å². The van der Waals surface area contributed by atoms with E-state index in [-0.39, 0.29) is 0 Å². The van der Waals surface area contributed by atoms with Gasteiger partial charge in [-0.05, 0) is 12.1 Å². The summed E-state index contributed by atoms with van der Waals surface area (Å²) in [6, 6.07) is 5.35. The van der Waals surface area contributed by atoms with Crippen LogP contribution in [0.1, 0.15) is 5.69 Å². The van der Waals surface area contributed by atoms with Gasteiger partial charge in [0.15, 0.2) is 5.76 Å². The van der Waals surface area contributed by atoms with Crippen molar-refractivity contribution < 1.29 is 4.52 Å². The molecule has 2 aromatic heterocycles. The summed E-state index contributed by atoms with van der Waals surface area (Å²) in [7, 11) is 0. The molecule has 2 aromatic rings. The van der Waals surface area contributed by atoms with Crippen LogP contribution in [0.3, 0.4) is 0 Å². The average molecular weight is 227 g/mol. The first-order valence-electron chi connectivity index (χ1n) is 3.98. The Morgan fingerprint density at radius 3 is 2.86 bits per heavy atom. The molecule has 0 aliphatic rings. The van der Waals surface area contributed by atoms with E-state index in [0.717, 1.165) is 11.4 Å². The Balaban J connectivity index is 2.34. The van der Waals surface area contributed by atoms with E-state index in [1.165, 1.54) is 0 Å². The normalized spacial score (nSPS) is 10.4. The molecule has 0 spiro atoms. The van der Waals surface area contributed by atoms with Crippen molar-refractivity contribution in [1.29, 1.82) is 0 Å². The largest absolute Gasteiger partial charge is 0.354 e. The summed E-state index contributed by atoms with van der Waals surface area (Å²) in [6.45, 7) is 0. The predicted octanol–water partition coefficient (Wildman–Crippen LogP) is 2.82. The third kappa shape index (κ3) is 1.91. The summed E-state index contributed by atoms with van der Waals surface area (Å²) in [4.78, 5) is 4.11. The van der Waals surface area contributed by atoms with Crippen LogP contribution >= 0.6 is 24.2 Å². The van der Waals surface area contributed by atoms with Crippen molar-refractivity contribution in [2.75, 3.05) is 0 Å². The Morgan fingerprint density at radius 1 is 1.43 bits per heavy atom. The molecule has 2 heterocycles. The van der Waals surface area contributed by atoms with Gasteiger partial charge in [-0.15, -0.1) is 0 Å². The Bertz CT molecular complexity index is 427. The molecule has 72 valence electrons. The fourth-order valence-electron chi connectivity index (χ4n) is 1.03. The molecule has 0 aromatic carbocycles. The van der Waals surface area contributed by atoms with Gasteiger partial charge >= 0.3 is 0 Å². The molecule has 3 nitrogen and oxygen atoms in total. The van der Waals surface area contributed by atoms with Gasteiger partial charge in [0.1, 0.15) is 5.69 Å². The zero-order valence-electron chi connectivity index (χ0n) is 7.14. The molecule has 0 N–H and O–H groups in total. The number of halogens is 1. The number of aromatic nitrogens is 2. The molecule has 0 radical (unpaired) electrons. The van der Waals surface area contributed by atoms with E-state index in [1.807, 2.05) is 6.07 Å². The molecule has 0 aliphatic carbocycles. The number of rotatable bonds is 2. The van der Waals surface area contributed by atoms with Crippen LogP contribution in [0.4, 0.5) is 0 Å². The van der Waals surface area contributed by atoms with Gasteiger partial charge in [0, 0.05) is 18.0 Å². The molecule has 0 unspecified atom stereocenters. The fraction of sp³-hybridized carbons (Fsp3) is 0.111. The third-order valence-electron chi connectivity index (χ3n) is 1.70. The maximum absolute atomic E-state index is 5.71. The topological polar surface area (TPSA) is 38.9 Å². The monoisotopic (exact) mass is 226 g/mol. The van der Waals surface area contributed by atoms with Crippen molar-refractivity contribution in [3.8, 4) is 11.5 Å². The lowest BCUT2D eigenvalue weighted by Crippen LogP contribution is -1.79. The third-order valence-corrected chi connectivity index (χ3v) is 2.25. The van der Waals surface area contributed by atoms with E-state index in [9.17, 15) is 0 Å². The van der Waals surface area contributed by atoms with E-state index in [0.29, 0.717) is 16.5 Å². The summed E-state index contributed by atoms with van der Waals surface area (Å²) in [5, 5.41) is 4.41. The Labute approximate surface area is 91.5 Å². The molecular formula is C9H7ClN2OS. The highest BCUT2D eigenvalue weighted by Crippen LogP contribution is 2.19. The average Bonchev–Trinajstić information content (AvgIpc) is 2.67. The van der Waals surface area contributed by atoms with Crippen LogP contribution in [0.5, 0.6) is 0 Å². The minimum Gasteiger partial charge on any atom is -0.354 e. The lowest BCUT2D eigenvalue weighted by Gasteiger charge is -1.92. The molecule has 0 amide bonds. The zero-order valence-corrected chi connectivity index (χ0v) is 8.79. The Kier molecular flexibility index (Phi) is 2.74. The van der Waals surface area contributed by atoms with Crippen LogP contribution in [0.2, 0.25) is 5.02 Å². The molecule has 0 saturated carbocycles. The highest BCUT2D eigenvalue weighted by atomic mass is 35.5. The SMILES string of the molecule is SCc1cc(-c2ccc(Cl)cn2)on1. The van der Waals surface area contributed by atoms with Crippen molar-refractivity contribution in [2.45, 2.75) is 5.75 Å². The maximum atomic E-state index is 5.71. The van der Waals surface area contributed by atoms with Crippen molar-refractivity contribution in [3.05, 3.63) is 35.1 Å². The van der Waals surface area contributed by atoms with E-state index in [2.05, 4.69) is 22.8 Å². The minimum atomic E-state index is 0.553. The van der Waals surface area contributed by atoms with Gasteiger partial charge in [0.2, 0.25) is 0 Å². The molecule has 0 bridgehead atoms. The van der Waals surface area contributed by atoms with Crippen molar-refractivity contribution >= 4 is 24.2 Å². The van der Waals surface area contributed by atoms with E-state index in [1.54, 1.807) is 18.3 Å². The molecule has 2 rings (SSSR count). The summed E-state index contributed by atoms with van der Waals surface area (Å²) >= 11 is 9.80. The molecule has 14 heavy (non-hydrogen) atoms. The number of nitrogens with zero attached hydrogens (tertiary/aromatic N) is 2. The van der Waals surface area contributed by atoms with Gasteiger partial charge in [-0.25, -0.2) is 0 Å². The molecule has 5 heteroatoms. The molecule has 0 fully saturated rings. The Morgan fingerprint density at radius 2 is 2.29 bits per heavy atom. The summed E-state index contributed by atoms with van der Waals surface area (Å²) in [5.74, 6) is 1.18. The van der Waals surface area contributed by atoms with Crippen LogP contribution in [0.15, 0.2) is 28.9 Å². The van der Waals surface area contributed by atoms with Gasteiger partial charge < -0.3 is 4.52 Å². The second kappa shape index (κ2) is 4.02. The van der Waals surface area contributed by atoms with Gasteiger partial charge in [-0.3, -0.25) is 4.98 Å². The van der Waals surface area contributed by atoms with Gasteiger partial charge in [-0.2, -0.15) is 12.6 Å². The quantitative estimate of drug-likeness (QED) is 0.801. The number of hydrogen-bond acceptors (Lipinski definition) is 4. The highest BCUT2D eigenvalue weighted by Gasteiger charge is 2.06. The highest BCUT2D eigenvalue weighted by molar-refractivity contribution is 7.79. The van der Waals surface area contributed by atoms with Crippen LogP contribution < -0.4 is 0 Å². The number of thiol groups is 1. The van der Waals surface area contributed by atoms with E-state index < -0.39 is 0 Å². The molecule has 0 atom stereocenters. The molecule has 0 saturated heterocycles. The first-order chi connectivity index (χ1) is 6.79. The first kappa shape index (κ1) is 9.55. The number of hydrogen-bond donors (Lipinski definition) is 1. The molecular weight excluding hydrogens is 220 g/mol. The van der Waals surface area contributed by atoms with Gasteiger partial charge in [-0.1, -0.05) is 16.8 Å². The lowest BCUT2D eigenvalue weighted by molar-refractivity contribution is 0.425. The molecule has 0 aliphatic heterocycles. The smallest absolute Gasteiger partial charge is 0.185 e. The van der Waals surface area contributed by atoms with Crippen molar-refractivity contribution in [2.24, 2.45) is 0 Å². The van der Waals surface area contributed by atoms with Crippen LogP contribution in [0, 0.1) is 0 Å². The fourth-order valence-corrected chi connectivity index (χ4v) is 1.29. The second-order valence-electron chi connectivity index (χ2n) is 2.70. The first-order valence-corrected chi connectivity index (χ1v) is 4.99. The van der Waals surface area contributed by atoms with E-state index >= 15 is 0 Å². The summed E-state index contributed by atoms with van der Waals surface area (Å²) < 4.78 is 5.08.